The van der Waals surface area contributed by atoms with Crippen molar-refractivity contribution in [1.29, 1.82) is 0 Å². The lowest BCUT2D eigenvalue weighted by molar-refractivity contribution is -0.145. The van der Waals surface area contributed by atoms with E-state index in [0.29, 0.717) is 23.4 Å². The number of aromatic nitrogens is 1. The third kappa shape index (κ3) is 6.95. The van der Waals surface area contributed by atoms with E-state index in [1.54, 1.807) is 31.3 Å². The Balaban J connectivity index is 1.39. The Hall–Kier alpha value is -4.65. The van der Waals surface area contributed by atoms with Crippen molar-refractivity contribution < 1.29 is 19.4 Å². The molecule has 3 aromatic carbocycles. The number of ether oxygens (including phenoxy) is 1. The van der Waals surface area contributed by atoms with Crippen LogP contribution >= 0.6 is 0 Å². The number of anilines is 2. The molecule has 0 saturated carbocycles. The fourth-order valence-electron chi connectivity index (χ4n) is 3.87. The first-order valence-electron chi connectivity index (χ1n) is 12.2. The largest absolute Gasteiger partial charge is 0.479 e. The first-order valence-corrected chi connectivity index (χ1v) is 12.2. The number of carbonyl (C=O) groups is 2. The summed E-state index contributed by atoms with van der Waals surface area (Å²) in [6.07, 6.45) is 2.08. The maximum atomic E-state index is 13.1. The van der Waals surface area contributed by atoms with Crippen LogP contribution in [-0.4, -0.2) is 34.6 Å². The van der Waals surface area contributed by atoms with Crippen molar-refractivity contribution in [3.8, 4) is 16.9 Å². The maximum Gasteiger partial charge on any atom is 0.344 e. The molecular formula is C30H29N3O4. The number of carboxylic acid groups (broad SMARTS) is 1. The van der Waals surface area contributed by atoms with Gasteiger partial charge in [-0.15, -0.1) is 0 Å². The Labute approximate surface area is 216 Å². The van der Waals surface area contributed by atoms with Gasteiger partial charge in [0.1, 0.15) is 5.75 Å². The van der Waals surface area contributed by atoms with Crippen LogP contribution in [0.3, 0.4) is 0 Å². The molecule has 4 aromatic rings. The number of hydrogen-bond donors (Lipinski definition) is 3. The van der Waals surface area contributed by atoms with Crippen molar-refractivity contribution in [2.75, 3.05) is 17.2 Å². The van der Waals surface area contributed by atoms with Crippen molar-refractivity contribution in [1.82, 2.24) is 4.98 Å². The average Bonchev–Trinajstić information content (AvgIpc) is 2.93. The fraction of sp³-hybridized carbons (Fsp3) is 0.167. The predicted octanol–water partition coefficient (Wildman–Crippen LogP) is 5.90. The smallest absolute Gasteiger partial charge is 0.344 e. The normalized spacial score (nSPS) is 11.4. The highest BCUT2D eigenvalue weighted by Gasteiger charge is 2.17. The van der Waals surface area contributed by atoms with E-state index >= 15 is 0 Å². The summed E-state index contributed by atoms with van der Waals surface area (Å²) in [5.41, 5.74) is 4.82. The van der Waals surface area contributed by atoms with Crippen LogP contribution in [0.1, 0.15) is 29.4 Å². The molecule has 1 heterocycles. The molecule has 0 aliphatic carbocycles. The molecular weight excluding hydrogens is 466 g/mol. The molecule has 3 N–H and O–H groups in total. The first kappa shape index (κ1) is 25.4. The average molecular weight is 496 g/mol. The molecule has 1 aromatic heterocycles. The molecule has 188 valence electrons. The van der Waals surface area contributed by atoms with Gasteiger partial charge in [0, 0.05) is 41.8 Å². The number of nitrogens with one attached hydrogen (secondary N) is 2. The van der Waals surface area contributed by atoms with Gasteiger partial charge in [0.2, 0.25) is 0 Å². The molecule has 0 aliphatic heterocycles. The second-order valence-electron chi connectivity index (χ2n) is 8.45. The molecule has 7 heteroatoms. The van der Waals surface area contributed by atoms with Gasteiger partial charge in [-0.3, -0.25) is 9.78 Å². The monoisotopic (exact) mass is 495 g/mol. The molecule has 7 nitrogen and oxygen atoms in total. The molecule has 0 spiro atoms. The van der Waals surface area contributed by atoms with Gasteiger partial charge in [-0.1, -0.05) is 43.3 Å². The number of rotatable bonds is 11. The first-order chi connectivity index (χ1) is 18.0. The number of hydrogen-bond acceptors (Lipinski definition) is 5. The highest BCUT2D eigenvalue weighted by atomic mass is 16.5. The van der Waals surface area contributed by atoms with Crippen LogP contribution in [0.4, 0.5) is 11.4 Å². The van der Waals surface area contributed by atoms with Gasteiger partial charge in [-0.25, -0.2) is 4.79 Å². The predicted molar refractivity (Wildman–Crippen MR) is 145 cm³/mol. The summed E-state index contributed by atoms with van der Waals surface area (Å²) in [4.78, 5) is 28.7. The Bertz CT molecular complexity index is 1320. The van der Waals surface area contributed by atoms with Gasteiger partial charge in [0.25, 0.3) is 5.91 Å². The molecule has 0 bridgehead atoms. The standard InChI is InChI=1S/C30H29N3O4/c1-2-28(30(35)36)37-25-16-10-21(11-17-25)26-8-3-4-9-27(26)29(34)33-24-14-12-23(13-15-24)32-20-18-22-7-5-6-19-31-22/h3-17,19,28,32H,2,18,20H2,1H3,(H,33,34)(H,35,36). The van der Waals surface area contributed by atoms with E-state index in [-0.39, 0.29) is 5.91 Å². The Morgan fingerprint density at radius 2 is 1.59 bits per heavy atom. The number of carbonyl (C=O) groups excluding carboxylic acids is 1. The van der Waals surface area contributed by atoms with E-state index in [1.165, 1.54) is 0 Å². The van der Waals surface area contributed by atoms with E-state index in [0.717, 1.165) is 35.5 Å². The molecule has 1 unspecified atom stereocenters. The maximum absolute atomic E-state index is 13.1. The second kappa shape index (κ2) is 12.4. The van der Waals surface area contributed by atoms with Crippen molar-refractivity contribution in [3.63, 3.8) is 0 Å². The van der Waals surface area contributed by atoms with Crippen molar-refractivity contribution in [2.24, 2.45) is 0 Å². The summed E-state index contributed by atoms with van der Waals surface area (Å²) in [5, 5.41) is 15.5. The van der Waals surface area contributed by atoms with E-state index in [1.807, 2.05) is 72.8 Å². The third-order valence-electron chi connectivity index (χ3n) is 5.84. The molecule has 4 rings (SSSR count). The lowest BCUT2D eigenvalue weighted by Crippen LogP contribution is -2.25. The molecule has 0 radical (unpaired) electrons. The highest BCUT2D eigenvalue weighted by molar-refractivity contribution is 6.08. The minimum atomic E-state index is -0.998. The SMILES string of the molecule is CCC(Oc1ccc(-c2ccccc2C(=O)Nc2ccc(NCCc3ccccn3)cc2)cc1)C(=O)O. The lowest BCUT2D eigenvalue weighted by Gasteiger charge is -2.14. The topological polar surface area (TPSA) is 101 Å². The molecule has 1 atom stereocenters. The number of amides is 1. The van der Waals surface area contributed by atoms with Crippen LogP contribution in [0.2, 0.25) is 0 Å². The van der Waals surface area contributed by atoms with Crippen LogP contribution in [-0.2, 0) is 11.2 Å². The minimum Gasteiger partial charge on any atom is -0.479 e. The van der Waals surface area contributed by atoms with Crippen LogP contribution in [0.15, 0.2) is 97.2 Å². The fourth-order valence-corrected chi connectivity index (χ4v) is 3.87. The van der Waals surface area contributed by atoms with Crippen molar-refractivity contribution in [2.45, 2.75) is 25.9 Å². The molecule has 0 fully saturated rings. The van der Waals surface area contributed by atoms with Gasteiger partial charge < -0.3 is 20.5 Å². The number of benzene rings is 3. The number of carboxylic acids is 1. The molecule has 0 saturated heterocycles. The van der Waals surface area contributed by atoms with Crippen LogP contribution in [0.25, 0.3) is 11.1 Å². The summed E-state index contributed by atoms with van der Waals surface area (Å²) >= 11 is 0. The number of pyridine rings is 1. The minimum absolute atomic E-state index is 0.219. The molecule has 1 amide bonds. The van der Waals surface area contributed by atoms with E-state index in [2.05, 4.69) is 15.6 Å². The summed E-state index contributed by atoms with van der Waals surface area (Å²) in [6.45, 7) is 2.52. The van der Waals surface area contributed by atoms with Gasteiger partial charge in [-0.2, -0.15) is 0 Å². The molecule has 0 aliphatic rings. The van der Waals surface area contributed by atoms with Gasteiger partial charge in [0.15, 0.2) is 6.10 Å². The summed E-state index contributed by atoms with van der Waals surface area (Å²) < 4.78 is 5.54. The van der Waals surface area contributed by atoms with Gasteiger partial charge >= 0.3 is 5.97 Å². The zero-order chi connectivity index (χ0) is 26.0. The number of aliphatic carboxylic acids is 1. The Kier molecular flexibility index (Phi) is 8.49. The van der Waals surface area contributed by atoms with Crippen LogP contribution in [0.5, 0.6) is 5.75 Å². The zero-order valence-corrected chi connectivity index (χ0v) is 20.6. The number of nitrogens with zero attached hydrogens (tertiary/aromatic N) is 1. The molecule has 37 heavy (non-hydrogen) atoms. The Morgan fingerprint density at radius 3 is 2.27 bits per heavy atom. The summed E-state index contributed by atoms with van der Waals surface area (Å²) in [5.74, 6) is -0.751. The summed E-state index contributed by atoms with van der Waals surface area (Å²) in [7, 11) is 0. The van der Waals surface area contributed by atoms with Crippen LogP contribution in [0, 0.1) is 0 Å². The lowest BCUT2D eigenvalue weighted by atomic mass is 9.99. The highest BCUT2D eigenvalue weighted by Crippen LogP contribution is 2.27. The third-order valence-corrected chi connectivity index (χ3v) is 5.84. The van der Waals surface area contributed by atoms with E-state index in [9.17, 15) is 14.7 Å². The second-order valence-corrected chi connectivity index (χ2v) is 8.45. The van der Waals surface area contributed by atoms with Crippen molar-refractivity contribution >= 4 is 23.3 Å². The van der Waals surface area contributed by atoms with Gasteiger partial charge in [0.05, 0.1) is 0 Å². The van der Waals surface area contributed by atoms with Gasteiger partial charge in [-0.05, 0) is 72.1 Å². The zero-order valence-electron chi connectivity index (χ0n) is 20.6. The van der Waals surface area contributed by atoms with E-state index in [4.69, 9.17) is 4.74 Å². The Morgan fingerprint density at radius 1 is 0.892 bits per heavy atom. The van der Waals surface area contributed by atoms with Crippen molar-refractivity contribution in [3.05, 3.63) is 108 Å². The van der Waals surface area contributed by atoms with Crippen LogP contribution < -0.4 is 15.4 Å². The quantitative estimate of drug-likeness (QED) is 0.240. The summed E-state index contributed by atoms with van der Waals surface area (Å²) in [6, 6.07) is 27.9. The van der Waals surface area contributed by atoms with E-state index < -0.39 is 12.1 Å².